The van der Waals surface area contributed by atoms with Crippen LogP contribution in [-0.2, 0) is 0 Å². The first-order valence-electron chi connectivity index (χ1n) is 6.74. The van der Waals surface area contributed by atoms with Crippen LogP contribution in [0.4, 0.5) is 5.82 Å². The molecule has 6 heteroatoms. The first-order valence-corrected chi connectivity index (χ1v) is 6.74. The van der Waals surface area contributed by atoms with E-state index in [1.54, 1.807) is 24.5 Å². The molecule has 104 valence electrons. The van der Waals surface area contributed by atoms with Crippen LogP contribution in [0.3, 0.4) is 0 Å². The number of likely N-dealkylation sites (tertiary alicyclic amines) is 1. The van der Waals surface area contributed by atoms with Crippen molar-refractivity contribution in [1.29, 1.82) is 0 Å². The summed E-state index contributed by atoms with van der Waals surface area (Å²) in [5.74, 6) is 0.265. The maximum absolute atomic E-state index is 12.4. The molecule has 2 aromatic rings. The molecule has 1 aliphatic heterocycles. The summed E-state index contributed by atoms with van der Waals surface area (Å²) >= 11 is 0. The molecular formula is C14H17N5O. The van der Waals surface area contributed by atoms with E-state index in [0.29, 0.717) is 17.4 Å². The van der Waals surface area contributed by atoms with E-state index in [-0.39, 0.29) is 5.91 Å². The maximum Gasteiger partial charge on any atom is 0.257 e. The fourth-order valence-electron chi connectivity index (χ4n) is 2.60. The summed E-state index contributed by atoms with van der Waals surface area (Å²) in [6, 6.07) is 5.76. The Morgan fingerprint density at radius 1 is 1.25 bits per heavy atom. The monoisotopic (exact) mass is 271 g/mol. The predicted molar refractivity (Wildman–Crippen MR) is 75.1 cm³/mol. The Bertz CT molecular complexity index is 587. The lowest BCUT2D eigenvalue weighted by Gasteiger charge is -2.32. The Kier molecular flexibility index (Phi) is 3.37. The van der Waals surface area contributed by atoms with E-state index < -0.39 is 0 Å². The highest BCUT2D eigenvalue weighted by molar-refractivity contribution is 5.98. The topological polar surface area (TPSA) is 77.0 Å². The van der Waals surface area contributed by atoms with Crippen molar-refractivity contribution in [3.63, 3.8) is 0 Å². The largest absolute Gasteiger partial charge is 0.383 e. The van der Waals surface area contributed by atoms with Gasteiger partial charge in [0.1, 0.15) is 5.82 Å². The van der Waals surface area contributed by atoms with Gasteiger partial charge in [-0.2, -0.15) is 5.10 Å². The van der Waals surface area contributed by atoms with Crippen molar-refractivity contribution >= 4 is 11.7 Å². The quantitative estimate of drug-likeness (QED) is 0.894. The molecule has 0 aliphatic carbocycles. The van der Waals surface area contributed by atoms with Crippen LogP contribution in [0, 0.1) is 0 Å². The number of piperidine rings is 1. The molecule has 1 fully saturated rings. The second-order valence-corrected chi connectivity index (χ2v) is 4.95. The summed E-state index contributed by atoms with van der Waals surface area (Å²) in [4.78, 5) is 18.2. The van der Waals surface area contributed by atoms with E-state index in [1.165, 1.54) is 0 Å². The van der Waals surface area contributed by atoms with Gasteiger partial charge in [0.05, 0.1) is 11.6 Å². The zero-order valence-corrected chi connectivity index (χ0v) is 11.1. The Morgan fingerprint density at radius 2 is 2.05 bits per heavy atom. The summed E-state index contributed by atoms with van der Waals surface area (Å²) < 4.78 is 1.97. The molecule has 0 saturated carbocycles. The van der Waals surface area contributed by atoms with E-state index in [1.807, 2.05) is 21.8 Å². The highest BCUT2D eigenvalue weighted by atomic mass is 16.2. The minimum Gasteiger partial charge on any atom is -0.383 e. The van der Waals surface area contributed by atoms with Crippen LogP contribution >= 0.6 is 0 Å². The van der Waals surface area contributed by atoms with Gasteiger partial charge in [-0.15, -0.1) is 0 Å². The minimum atomic E-state index is -0.0329. The van der Waals surface area contributed by atoms with Gasteiger partial charge in [-0.05, 0) is 31.0 Å². The van der Waals surface area contributed by atoms with Crippen LogP contribution in [0.1, 0.15) is 29.2 Å². The van der Waals surface area contributed by atoms with Crippen LogP contribution in [0.2, 0.25) is 0 Å². The van der Waals surface area contributed by atoms with Crippen molar-refractivity contribution in [3.05, 3.63) is 42.4 Å². The maximum atomic E-state index is 12.4. The molecule has 3 rings (SSSR count). The molecule has 20 heavy (non-hydrogen) atoms. The minimum absolute atomic E-state index is 0.0329. The van der Waals surface area contributed by atoms with Crippen molar-refractivity contribution in [2.24, 2.45) is 0 Å². The lowest BCUT2D eigenvalue weighted by molar-refractivity contribution is 0.0690. The van der Waals surface area contributed by atoms with E-state index in [4.69, 9.17) is 5.73 Å². The normalized spacial score (nSPS) is 16.3. The molecular weight excluding hydrogens is 254 g/mol. The third-order valence-corrected chi connectivity index (χ3v) is 3.72. The molecule has 2 aromatic heterocycles. The van der Waals surface area contributed by atoms with Gasteiger partial charge in [-0.1, -0.05) is 0 Å². The molecule has 0 spiro atoms. The number of carbonyl (C=O) groups excluding carboxylic acids is 1. The molecule has 2 N–H and O–H groups in total. The van der Waals surface area contributed by atoms with Gasteiger partial charge in [0.15, 0.2) is 0 Å². The highest BCUT2D eigenvalue weighted by Gasteiger charge is 2.25. The number of pyridine rings is 1. The second-order valence-electron chi connectivity index (χ2n) is 4.95. The molecule has 1 amide bonds. The molecule has 1 saturated heterocycles. The van der Waals surface area contributed by atoms with Gasteiger partial charge in [-0.25, -0.2) is 4.98 Å². The Labute approximate surface area is 117 Å². The summed E-state index contributed by atoms with van der Waals surface area (Å²) in [7, 11) is 0. The highest BCUT2D eigenvalue weighted by Crippen LogP contribution is 2.23. The van der Waals surface area contributed by atoms with Crippen molar-refractivity contribution in [2.75, 3.05) is 18.8 Å². The van der Waals surface area contributed by atoms with Gasteiger partial charge in [-0.3, -0.25) is 9.48 Å². The first-order chi connectivity index (χ1) is 9.75. The van der Waals surface area contributed by atoms with Gasteiger partial charge in [0.25, 0.3) is 5.91 Å². The van der Waals surface area contributed by atoms with E-state index in [9.17, 15) is 4.79 Å². The Balaban J connectivity index is 1.66. The molecule has 1 aliphatic rings. The average Bonchev–Trinajstić information content (AvgIpc) is 3.01. The SMILES string of the molecule is Nc1ncccc1C(=O)N1CCC(n2cccn2)CC1. The molecule has 3 heterocycles. The van der Waals surface area contributed by atoms with Gasteiger partial charge >= 0.3 is 0 Å². The molecule has 0 bridgehead atoms. The van der Waals surface area contributed by atoms with Gasteiger partial charge in [0.2, 0.25) is 0 Å². The van der Waals surface area contributed by atoms with Crippen LogP contribution < -0.4 is 5.73 Å². The molecule has 6 nitrogen and oxygen atoms in total. The third-order valence-electron chi connectivity index (χ3n) is 3.72. The number of rotatable bonds is 2. The summed E-state index contributed by atoms with van der Waals surface area (Å²) in [6.07, 6.45) is 7.17. The van der Waals surface area contributed by atoms with Gasteiger partial charge < -0.3 is 10.6 Å². The first kappa shape index (κ1) is 12.7. The lowest BCUT2D eigenvalue weighted by atomic mass is 10.0. The number of hydrogen-bond acceptors (Lipinski definition) is 4. The zero-order chi connectivity index (χ0) is 13.9. The van der Waals surface area contributed by atoms with E-state index in [0.717, 1.165) is 25.9 Å². The number of nitrogens with two attached hydrogens (primary N) is 1. The van der Waals surface area contributed by atoms with Crippen LogP contribution in [0.25, 0.3) is 0 Å². The Hall–Kier alpha value is -2.37. The van der Waals surface area contributed by atoms with Crippen molar-refractivity contribution in [3.8, 4) is 0 Å². The average molecular weight is 271 g/mol. The van der Waals surface area contributed by atoms with Crippen LogP contribution in [0.5, 0.6) is 0 Å². The number of hydrogen-bond donors (Lipinski definition) is 1. The zero-order valence-electron chi connectivity index (χ0n) is 11.1. The fraction of sp³-hybridized carbons (Fsp3) is 0.357. The fourth-order valence-corrected chi connectivity index (χ4v) is 2.60. The summed E-state index contributed by atoms with van der Waals surface area (Å²) in [5, 5.41) is 4.27. The second kappa shape index (κ2) is 5.32. The molecule has 0 radical (unpaired) electrons. The number of anilines is 1. The van der Waals surface area contributed by atoms with Crippen LogP contribution in [0.15, 0.2) is 36.8 Å². The standard InChI is InChI=1S/C14H17N5O/c15-13-12(3-1-6-16-13)14(20)18-9-4-11(5-10-18)19-8-2-7-17-19/h1-3,6-8,11H,4-5,9-10H2,(H2,15,16). The number of carbonyl (C=O) groups is 1. The van der Waals surface area contributed by atoms with E-state index >= 15 is 0 Å². The number of nitrogens with zero attached hydrogens (tertiary/aromatic N) is 4. The number of nitrogen functional groups attached to an aromatic ring is 1. The predicted octanol–water partition coefficient (Wildman–Crippen LogP) is 1.34. The molecule has 0 unspecified atom stereocenters. The molecule has 0 atom stereocenters. The summed E-state index contributed by atoms with van der Waals surface area (Å²) in [6.45, 7) is 1.44. The Morgan fingerprint density at radius 3 is 2.70 bits per heavy atom. The summed E-state index contributed by atoms with van der Waals surface area (Å²) in [5.41, 5.74) is 6.25. The van der Waals surface area contributed by atoms with E-state index in [2.05, 4.69) is 10.1 Å². The third kappa shape index (κ3) is 2.36. The van der Waals surface area contributed by atoms with Crippen LogP contribution in [-0.4, -0.2) is 38.7 Å². The van der Waals surface area contributed by atoms with Crippen molar-refractivity contribution in [2.45, 2.75) is 18.9 Å². The lowest BCUT2D eigenvalue weighted by Crippen LogP contribution is -2.39. The number of amides is 1. The smallest absolute Gasteiger partial charge is 0.257 e. The van der Waals surface area contributed by atoms with Crippen molar-refractivity contribution in [1.82, 2.24) is 19.7 Å². The van der Waals surface area contributed by atoms with Crippen molar-refractivity contribution < 1.29 is 4.79 Å². The number of aromatic nitrogens is 3. The molecule has 0 aromatic carbocycles. The van der Waals surface area contributed by atoms with Gasteiger partial charge in [0, 0.05) is 31.7 Å².